The Morgan fingerprint density at radius 2 is 1.17 bits per heavy atom. The van der Waals surface area contributed by atoms with Gasteiger partial charge in [0.15, 0.2) is 11.6 Å². The summed E-state index contributed by atoms with van der Waals surface area (Å²) in [4.78, 5) is 27.9. The third-order valence-corrected chi connectivity index (χ3v) is 13.7. The summed E-state index contributed by atoms with van der Waals surface area (Å²) in [5.74, 6) is 4.91. The minimum Gasteiger partial charge on any atom is -0.477 e. The van der Waals surface area contributed by atoms with E-state index < -0.39 is 0 Å². The van der Waals surface area contributed by atoms with Gasteiger partial charge in [0.1, 0.15) is 17.8 Å². The van der Waals surface area contributed by atoms with Crippen molar-refractivity contribution >= 4 is 46.0 Å². The Morgan fingerprint density at radius 3 is 1.81 bits per heavy atom. The van der Waals surface area contributed by atoms with Crippen molar-refractivity contribution < 1.29 is 20.1 Å². The van der Waals surface area contributed by atoms with Crippen LogP contribution >= 0.6 is 0 Å². The van der Waals surface area contributed by atoms with E-state index in [9.17, 15) is 0 Å². The van der Waals surface area contributed by atoms with Crippen molar-refractivity contribution in [1.82, 2.24) is 19.9 Å². The fourth-order valence-electron chi connectivity index (χ4n) is 10.00. The van der Waals surface area contributed by atoms with Crippen molar-refractivity contribution in [3.8, 4) is 22.3 Å². The Hall–Kier alpha value is -6.67. The molecular formula is C60H60IrN8-2. The van der Waals surface area contributed by atoms with E-state index >= 15 is 0 Å². The molecule has 1 radical (unpaired) electrons. The maximum Gasteiger partial charge on any atom is 0.178 e. The van der Waals surface area contributed by atoms with Crippen LogP contribution in [0.15, 0.2) is 152 Å². The van der Waals surface area contributed by atoms with E-state index in [0.717, 1.165) is 53.9 Å². The standard InChI is InChI=1S/2C30H30N4.Ir/c1-19(2)21-10-12-24(13-11-21)33-28-17-23-16-25(20(3)4)26(22-8-6-5-7-9-22)18-27(23)34(28)30-29(33)31-14-15-32-30;1-5-22-11-14-24(15-12-22)33-20-34(30-29(33)31-17-18-32-30)25-16-13-23(6-2)28(19-25)27-10-8-7-9-26(27)21(3)4;/h5-16,18-20,28H,17H2,1-4H3;7-15,17-21H,5-6H2,1-4H3;/q;-2;. The van der Waals surface area contributed by atoms with Gasteiger partial charge in [0.05, 0.1) is 0 Å². The second-order valence-corrected chi connectivity index (χ2v) is 18.9. The van der Waals surface area contributed by atoms with Crippen molar-refractivity contribution in [1.29, 1.82) is 0 Å². The van der Waals surface area contributed by atoms with Crippen molar-refractivity contribution in [2.24, 2.45) is 0 Å². The van der Waals surface area contributed by atoms with Gasteiger partial charge in [0, 0.05) is 68.4 Å². The quantitative estimate of drug-likeness (QED) is 0.126. The van der Waals surface area contributed by atoms with Crippen LogP contribution in [0.1, 0.15) is 107 Å². The average Bonchev–Trinajstić information content (AvgIpc) is 4.05. The Labute approximate surface area is 422 Å². The normalized spacial score (nSPS) is 14.4. The monoisotopic (exact) mass is 1090 g/mol. The molecule has 2 aromatic heterocycles. The molecule has 6 aromatic carbocycles. The molecule has 11 rings (SSSR count). The Balaban J connectivity index is 0.000000169. The molecule has 0 saturated heterocycles. The molecule has 8 aromatic rings. The molecule has 0 aliphatic carbocycles. The van der Waals surface area contributed by atoms with Crippen LogP contribution in [0.4, 0.5) is 46.0 Å². The van der Waals surface area contributed by atoms with Crippen LogP contribution in [0.5, 0.6) is 0 Å². The van der Waals surface area contributed by atoms with Crippen molar-refractivity contribution in [3.63, 3.8) is 0 Å². The van der Waals surface area contributed by atoms with E-state index in [2.05, 4.69) is 225 Å². The average molecular weight is 1090 g/mol. The number of nitrogens with zero attached hydrogens (tertiary/aromatic N) is 8. The van der Waals surface area contributed by atoms with Gasteiger partial charge in [-0.05, 0) is 99.0 Å². The summed E-state index contributed by atoms with van der Waals surface area (Å²) in [6.45, 7) is 20.0. The number of hydrogen-bond donors (Lipinski definition) is 0. The van der Waals surface area contributed by atoms with Crippen molar-refractivity contribution in [2.45, 2.75) is 98.6 Å². The van der Waals surface area contributed by atoms with E-state index in [1.54, 1.807) is 24.8 Å². The number of aromatic nitrogens is 4. The van der Waals surface area contributed by atoms with Crippen LogP contribution in [-0.2, 0) is 39.4 Å². The zero-order valence-electron chi connectivity index (χ0n) is 40.9. The van der Waals surface area contributed by atoms with Gasteiger partial charge in [-0.2, -0.15) is 12.1 Å². The SMILES string of the molecule is CC(C)c1ccc(N2c3nccnc3N3c4cc(-c5ccccc5)c(C(C)C)cc4CC23)cc1.CCc1ccc(N2[CH-]N(c3[c-]cc(CC)c(-c4ccccc4C(C)C)c3)c3nccnc32)cc1.[Ir]. The van der Waals surface area contributed by atoms with Crippen LogP contribution in [0.3, 0.4) is 0 Å². The van der Waals surface area contributed by atoms with Crippen LogP contribution in [0.2, 0.25) is 0 Å². The molecule has 5 heterocycles. The summed E-state index contributed by atoms with van der Waals surface area (Å²) in [5.41, 5.74) is 17.6. The van der Waals surface area contributed by atoms with Gasteiger partial charge in [0.2, 0.25) is 0 Å². The molecular weight excluding hydrogens is 1020 g/mol. The Morgan fingerprint density at radius 1 is 0.565 bits per heavy atom. The van der Waals surface area contributed by atoms with Gasteiger partial charge in [-0.25, -0.2) is 19.9 Å². The predicted molar refractivity (Wildman–Crippen MR) is 281 cm³/mol. The Bertz CT molecular complexity index is 3060. The van der Waals surface area contributed by atoms with E-state index in [-0.39, 0.29) is 26.3 Å². The Kier molecular flexibility index (Phi) is 13.8. The first-order valence-electron chi connectivity index (χ1n) is 24.3. The third-order valence-electron chi connectivity index (χ3n) is 13.7. The summed E-state index contributed by atoms with van der Waals surface area (Å²) in [6.07, 6.45) is 10.2. The predicted octanol–water partition coefficient (Wildman–Crippen LogP) is 15.2. The molecule has 0 bridgehead atoms. The molecule has 0 spiro atoms. The smallest absolute Gasteiger partial charge is 0.178 e. The molecule has 0 fully saturated rings. The maximum absolute atomic E-state index is 4.80. The zero-order valence-corrected chi connectivity index (χ0v) is 43.2. The molecule has 1 unspecified atom stereocenters. The topological polar surface area (TPSA) is 64.5 Å². The second kappa shape index (κ2) is 20.1. The number of aryl methyl sites for hydroxylation is 2. The number of rotatable bonds is 10. The third kappa shape index (κ3) is 8.95. The summed E-state index contributed by atoms with van der Waals surface area (Å²) in [6, 6.07) is 49.7. The molecule has 9 heteroatoms. The van der Waals surface area contributed by atoms with Gasteiger partial charge in [-0.3, -0.25) is 0 Å². The van der Waals surface area contributed by atoms with Crippen LogP contribution < -0.4 is 19.6 Å². The zero-order chi connectivity index (χ0) is 47.1. The molecule has 69 heavy (non-hydrogen) atoms. The molecule has 0 saturated carbocycles. The largest absolute Gasteiger partial charge is 0.477 e. The van der Waals surface area contributed by atoms with E-state index in [1.165, 1.54) is 67.0 Å². The summed E-state index contributed by atoms with van der Waals surface area (Å²) >= 11 is 0. The first kappa shape index (κ1) is 47.4. The maximum atomic E-state index is 4.80. The van der Waals surface area contributed by atoms with Gasteiger partial charge >= 0.3 is 0 Å². The van der Waals surface area contributed by atoms with Crippen LogP contribution in [0.25, 0.3) is 22.3 Å². The van der Waals surface area contributed by atoms with Gasteiger partial charge in [0.25, 0.3) is 0 Å². The summed E-state index contributed by atoms with van der Waals surface area (Å²) in [5, 5.41) is 0. The molecule has 0 N–H and O–H groups in total. The molecule has 3 aliphatic heterocycles. The van der Waals surface area contributed by atoms with Crippen molar-refractivity contribution in [3.05, 3.63) is 198 Å². The van der Waals surface area contributed by atoms with Gasteiger partial charge in [-0.15, -0.1) is 29.5 Å². The molecule has 351 valence electrons. The fourth-order valence-corrected chi connectivity index (χ4v) is 10.00. The first-order chi connectivity index (χ1) is 33.1. The van der Waals surface area contributed by atoms with E-state index in [1.807, 2.05) is 0 Å². The number of anilines is 8. The summed E-state index contributed by atoms with van der Waals surface area (Å²) in [7, 11) is 0. The molecule has 0 amide bonds. The number of fused-ring (bicyclic) bond motifs is 6. The molecule has 1 atom stereocenters. The van der Waals surface area contributed by atoms with Gasteiger partial charge < -0.3 is 19.6 Å². The number of hydrogen-bond acceptors (Lipinski definition) is 8. The van der Waals surface area contributed by atoms with E-state index in [4.69, 9.17) is 9.97 Å². The van der Waals surface area contributed by atoms with E-state index in [0.29, 0.717) is 17.8 Å². The minimum absolute atomic E-state index is 0. The fraction of sp³-hybridized carbons (Fsp3) is 0.250. The van der Waals surface area contributed by atoms with Crippen molar-refractivity contribution in [2.75, 3.05) is 19.6 Å². The molecule has 8 nitrogen and oxygen atoms in total. The van der Waals surface area contributed by atoms with Crippen LogP contribution in [-0.4, -0.2) is 26.1 Å². The van der Waals surface area contributed by atoms with Crippen LogP contribution in [0, 0.1) is 12.7 Å². The minimum atomic E-state index is 0. The first-order valence-corrected chi connectivity index (χ1v) is 24.3. The molecule has 3 aliphatic rings. The second-order valence-electron chi connectivity index (χ2n) is 18.9. The van der Waals surface area contributed by atoms with Gasteiger partial charge in [-0.1, -0.05) is 147 Å². The number of benzene rings is 6. The summed E-state index contributed by atoms with van der Waals surface area (Å²) < 4.78 is 0.